The van der Waals surface area contributed by atoms with E-state index in [1.165, 1.54) is 10.8 Å². The average Bonchev–Trinajstić information content (AvgIpc) is 2.91. The fraction of sp³-hybridized carbons (Fsp3) is 0.312. The fourth-order valence-corrected chi connectivity index (χ4v) is 2.59. The third-order valence-corrected chi connectivity index (χ3v) is 3.60. The Labute approximate surface area is 113 Å². The van der Waals surface area contributed by atoms with Crippen molar-refractivity contribution in [3.8, 4) is 0 Å². The quantitative estimate of drug-likeness (QED) is 0.878. The second-order valence-corrected chi connectivity index (χ2v) is 5.12. The lowest BCUT2D eigenvalue weighted by Crippen LogP contribution is -2.37. The molecule has 3 nitrogen and oxygen atoms in total. The van der Waals surface area contributed by atoms with Gasteiger partial charge in [-0.3, -0.25) is 4.79 Å². The molecule has 3 heteroatoms. The highest BCUT2D eigenvalue weighted by Gasteiger charge is 2.16. The summed E-state index contributed by atoms with van der Waals surface area (Å²) in [6, 6.07) is 14.7. The molecule has 19 heavy (non-hydrogen) atoms. The lowest BCUT2D eigenvalue weighted by atomic mass is 10.0. The molecule has 0 aromatic heterocycles. The van der Waals surface area contributed by atoms with Gasteiger partial charge in [-0.2, -0.15) is 0 Å². The maximum Gasteiger partial charge on any atom is 0.224 e. The van der Waals surface area contributed by atoms with Gasteiger partial charge in [-0.05, 0) is 29.3 Å². The zero-order valence-electron chi connectivity index (χ0n) is 10.9. The van der Waals surface area contributed by atoms with E-state index in [-0.39, 0.29) is 5.91 Å². The van der Waals surface area contributed by atoms with E-state index in [4.69, 9.17) is 0 Å². The first-order valence-electron chi connectivity index (χ1n) is 6.79. The van der Waals surface area contributed by atoms with E-state index >= 15 is 0 Å². The number of benzene rings is 2. The molecule has 0 bridgehead atoms. The van der Waals surface area contributed by atoms with Crippen molar-refractivity contribution in [3.05, 3.63) is 48.0 Å². The van der Waals surface area contributed by atoms with Gasteiger partial charge in [-0.25, -0.2) is 0 Å². The van der Waals surface area contributed by atoms with Crippen LogP contribution < -0.4 is 10.6 Å². The van der Waals surface area contributed by atoms with Gasteiger partial charge in [0.1, 0.15) is 0 Å². The monoisotopic (exact) mass is 254 g/mol. The van der Waals surface area contributed by atoms with Crippen molar-refractivity contribution in [1.82, 2.24) is 10.6 Å². The van der Waals surface area contributed by atoms with Crippen LogP contribution in [-0.4, -0.2) is 25.0 Å². The summed E-state index contributed by atoms with van der Waals surface area (Å²) in [6.07, 6.45) is 1.49. The fourth-order valence-electron chi connectivity index (χ4n) is 2.59. The van der Waals surface area contributed by atoms with Crippen molar-refractivity contribution in [3.63, 3.8) is 0 Å². The van der Waals surface area contributed by atoms with Gasteiger partial charge in [-0.15, -0.1) is 0 Å². The summed E-state index contributed by atoms with van der Waals surface area (Å²) >= 11 is 0. The number of carbonyl (C=O) groups is 1. The number of amides is 1. The highest BCUT2D eigenvalue weighted by molar-refractivity contribution is 5.85. The van der Waals surface area contributed by atoms with Crippen LogP contribution in [0.1, 0.15) is 12.0 Å². The summed E-state index contributed by atoms with van der Waals surface area (Å²) in [5, 5.41) is 8.73. The Hall–Kier alpha value is -1.87. The maximum absolute atomic E-state index is 12.0. The Morgan fingerprint density at radius 1 is 1.21 bits per heavy atom. The second kappa shape index (κ2) is 5.41. The lowest BCUT2D eigenvalue weighted by molar-refractivity contribution is -0.121. The van der Waals surface area contributed by atoms with Gasteiger partial charge >= 0.3 is 0 Å². The minimum Gasteiger partial charge on any atom is -0.352 e. The molecule has 1 aliphatic rings. The Balaban J connectivity index is 1.68. The van der Waals surface area contributed by atoms with Gasteiger partial charge in [0.2, 0.25) is 5.91 Å². The van der Waals surface area contributed by atoms with Gasteiger partial charge in [0.25, 0.3) is 0 Å². The summed E-state index contributed by atoms with van der Waals surface area (Å²) in [7, 11) is 0. The summed E-state index contributed by atoms with van der Waals surface area (Å²) in [5.41, 5.74) is 1.07. The van der Waals surface area contributed by atoms with Crippen LogP contribution in [0.2, 0.25) is 0 Å². The first kappa shape index (κ1) is 12.2. The largest absolute Gasteiger partial charge is 0.352 e. The van der Waals surface area contributed by atoms with E-state index in [2.05, 4.69) is 34.9 Å². The first-order valence-corrected chi connectivity index (χ1v) is 6.79. The van der Waals surface area contributed by atoms with Crippen LogP contribution in [-0.2, 0) is 11.2 Å². The molecule has 0 spiro atoms. The summed E-state index contributed by atoms with van der Waals surface area (Å²) in [4.78, 5) is 12.0. The van der Waals surface area contributed by atoms with Crippen LogP contribution in [0.4, 0.5) is 0 Å². The molecule has 1 fully saturated rings. The molecule has 2 aromatic rings. The molecule has 0 saturated carbocycles. The van der Waals surface area contributed by atoms with Gasteiger partial charge in [0, 0.05) is 12.6 Å². The van der Waals surface area contributed by atoms with Crippen molar-refractivity contribution >= 4 is 16.7 Å². The van der Waals surface area contributed by atoms with E-state index in [0.717, 1.165) is 25.1 Å². The molecule has 0 aliphatic carbocycles. The Morgan fingerprint density at radius 2 is 2.05 bits per heavy atom. The predicted molar refractivity (Wildman–Crippen MR) is 77.1 cm³/mol. The Morgan fingerprint density at radius 3 is 2.84 bits per heavy atom. The van der Waals surface area contributed by atoms with Crippen molar-refractivity contribution in [1.29, 1.82) is 0 Å². The van der Waals surface area contributed by atoms with Gasteiger partial charge in [0.15, 0.2) is 0 Å². The highest BCUT2D eigenvalue weighted by Crippen LogP contribution is 2.16. The predicted octanol–water partition coefficient (Wildman–Crippen LogP) is 1.86. The van der Waals surface area contributed by atoms with Gasteiger partial charge in [-0.1, -0.05) is 42.5 Å². The van der Waals surface area contributed by atoms with Crippen LogP contribution in [0.5, 0.6) is 0 Å². The number of carbonyl (C=O) groups excluding carboxylic acids is 1. The normalized spacial score (nSPS) is 18.6. The maximum atomic E-state index is 12.0. The molecule has 98 valence electrons. The molecule has 3 rings (SSSR count). The minimum atomic E-state index is 0.115. The van der Waals surface area contributed by atoms with E-state index in [1.807, 2.05) is 18.2 Å². The minimum absolute atomic E-state index is 0.115. The lowest BCUT2D eigenvalue weighted by Gasteiger charge is -2.11. The molecule has 1 amide bonds. The van der Waals surface area contributed by atoms with Crippen LogP contribution in [0.25, 0.3) is 10.8 Å². The standard InChI is InChI=1S/C16H18N2O/c19-16(18-15-7-8-17-11-15)10-12-5-6-13-3-1-2-4-14(13)9-12/h1-6,9,15,17H,7-8,10-11H2,(H,18,19)/t15-/m0/s1. The number of rotatable bonds is 3. The molecule has 2 aromatic carbocycles. The van der Waals surface area contributed by atoms with Gasteiger partial charge in [0.05, 0.1) is 6.42 Å². The Kier molecular flexibility index (Phi) is 3.47. The molecule has 0 unspecified atom stereocenters. The summed E-state index contributed by atoms with van der Waals surface area (Å²) < 4.78 is 0. The second-order valence-electron chi connectivity index (χ2n) is 5.12. The molecule has 2 N–H and O–H groups in total. The SMILES string of the molecule is O=C(Cc1ccc2ccccc2c1)N[C@H]1CCNC1. The molecule has 1 atom stereocenters. The van der Waals surface area contributed by atoms with E-state index in [0.29, 0.717) is 12.5 Å². The van der Waals surface area contributed by atoms with E-state index in [9.17, 15) is 4.79 Å². The van der Waals surface area contributed by atoms with Crippen LogP contribution in [0, 0.1) is 0 Å². The third-order valence-electron chi connectivity index (χ3n) is 3.60. The smallest absolute Gasteiger partial charge is 0.224 e. The topological polar surface area (TPSA) is 41.1 Å². The number of nitrogens with one attached hydrogen (secondary N) is 2. The summed E-state index contributed by atoms with van der Waals surface area (Å²) in [6.45, 7) is 1.89. The van der Waals surface area contributed by atoms with Crippen LogP contribution >= 0.6 is 0 Å². The third kappa shape index (κ3) is 2.93. The van der Waals surface area contributed by atoms with E-state index < -0.39 is 0 Å². The van der Waals surface area contributed by atoms with Crippen molar-refractivity contribution in [2.45, 2.75) is 18.9 Å². The van der Waals surface area contributed by atoms with Crippen LogP contribution in [0.15, 0.2) is 42.5 Å². The summed E-state index contributed by atoms with van der Waals surface area (Å²) in [5.74, 6) is 0.115. The number of hydrogen-bond donors (Lipinski definition) is 2. The van der Waals surface area contributed by atoms with Crippen molar-refractivity contribution in [2.75, 3.05) is 13.1 Å². The molecule has 1 saturated heterocycles. The molecular formula is C16H18N2O. The first-order chi connectivity index (χ1) is 9.31. The van der Waals surface area contributed by atoms with Gasteiger partial charge < -0.3 is 10.6 Å². The van der Waals surface area contributed by atoms with Crippen molar-refractivity contribution in [2.24, 2.45) is 0 Å². The molecular weight excluding hydrogens is 236 g/mol. The highest BCUT2D eigenvalue weighted by atomic mass is 16.1. The zero-order chi connectivity index (χ0) is 13.1. The zero-order valence-corrected chi connectivity index (χ0v) is 10.9. The number of fused-ring (bicyclic) bond motifs is 1. The van der Waals surface area contributed by atoms with Crippen LogP contribution in [0.3, 0.4) is 0 Å². The van der Waals surface area contributed by atoms with Crippen molar-refractivity contribution < 1.29 is 4.79 Å². The molecule has 0 radical (unpaired) electrons. The van der Waals surface area contributed by atoms with E-state index in [1.54, 1.807) is 0 Å². The molecule has 1 heterocycles. The Bertz CT molecular complexity index is 588. The average molecular weight is 254 g/mol. The molecule has 1 aliphatic heterocycles. The number of hydrogen-bond acceptors (Lipinski definition) is 2.